The third-order valence-corrected chi connectivity index (χ3v) is 4.79. The van der Waals surface area contributed by atoms with Crippen LogP contribution in [0.3, 0.4) is 0 Å². The van der Waals surface area contributed by atoms with E-state index in [0.717, 1.165) is 20.2 Å². The molecule has 0 aliphatic rings. The lowest BCUT2D eigenvalue weighted by Crippen LogP contribution is -2.23. The first-order valence-corrected chi connectivity index (χ1v) is 8.91. The van der Waals surface area contributed by atoms with E-state index < -0.39 is 5.60 Å². The molecule has 0 radical (unpaired) electrons. The van der Waals surface area contributed by atoms with E-state index in [4.69, 9.17) is 9.47 Å². The van der Waals surface area contributed by atoms with E-state index in [-0.39, 0.29) is 6.10 Å². The van der Waals surface area contributed by atoms with Gasteiger partial charge in [-0.25, -0.2) is 4.98 Å². The average Bonchev–Trinajstić information content (AvgIpc) is 2.61. The molecule has 24 heavy (non-hydrogen) atoms. The molecule has 0 N–H and O–H groups in total. The number of pyridine rings is 1. The van der Waals surface area contributed by atoms with Crippen LogP contribution in [-0.4, -0.2) is 19.2 Å². The first kappa shape index (κ1) is 19.1. The quantitative estimate of drug-likeness (QED) is 0.406. The van der Waals surface area contributed by atoms with Gasteiger partial charge in [-0.05, 0) is 45.8 Å². The minimum atomic E-state index is -0.764. The standard InChI is InChI=1S/C19H19Br2NO2/c1-4-19(24-3,15-7-10-18(21)22-13-15)12-11-17(23-2)14-5-8-16(20)9-6-14/h4-13,17H,1H2,2-3H3/b12-11-/t17?,19-/m1/s1. The van der Waals surface area contributed by atoms with Gasteiger partial charge in [-0.15, -0.1) is 0 Å². The first-order valence-electron chi connectivity index (χ1n) is 7.33. The summed E-state index contributed by atoms with van der Waals surface area (Å²) in [5.41, 5.74) is 1.19. The predicted octanol–water partition coefficient (Wildman–Crippen LogP) is 5.58. The summed E-state index contributed by atoms with van der Waals surface area (Å²) in [5, 5.41) is 0. The van der Waals surface area contributed by atoms with E-state index in [1.165, 1.54) is 0 Å². The molecule has 1 unspecified atom stereocenters. The molecule has 126 valence electrons. The van der Waals surface area contributed by atoms with E-state index in [2.05, 4.69) is 43.4 Å². The number of aromatic nitrogens is 1. The number of rotatable bonds is 7. The molecule has 0 saturated carbocycles. The zero-order chi connectivity index (χ0) is 17.6. The van der Waals surface area contributed by atoms with Crippen LogP contribution in [-0.2, 0) is 15.1 Å². The summed E-state index contributed by atoms with van der Waals surface area (Å²) < 4.78 is 13.1. The second-order valence-electron chi connectivity index (χ2n) is 5.14. The lowest BCUT2D eigenvalue weighted by molar-refractivity contribution is 0.0698. The number of halogens is 2. The maximum absolute atomic E-state index is 5.74. The van der Waals surface area contributed by atoms with E-state index in [0.29, 0.717) is 0 Å². The van der Waals surface area contributed by atoms with Gasteiger partial charge in [0.25, 0.3) is 0 Å². The van der Waals surface area contributed by atoms with Crippen molar-refractivity contribution in [3.05, 3.63) is 87.6 Å². The van der Waals surface area contributed by atoms with Crippen LogP contribution < -0.4 is 0 Å². The molecule has 2 atom stereocenters. The number of hydrogen-bond acceptors (Lipinski definition) is 3. The van der Waals surface area contributed by atoms with Crippen molar-refractivity contribution in [3.8, 4) is 0 Å². The lowest BCUT2D eigenvalue weighted by atomic mass is 9.93. The molecule has 1 aromatic heterocycles. The minimum absolute atomic E-state index is 0.184. The molecule has 1 aromatic carbocycles. The van der Waals surface area contributed by atoms with Gasteiger partial charge in [-0.2, -0.15) is 0 Å². The van der Waals surface area contributed by atoms with Crippen molar-refractivity contribution in [2.75, 3.05) is 14.2 Å². The fraction of sp³-hybridized carbons (Fsp3) is 0.211. The van der Waals surface area contributed by atoms with Crippen LogP contribution in [0.15, 0.2) is 76.5 Å². The Morgan fingerprint density at radius 1 is 1.12 bits per heavy atom. The van der Waals surface area contributed by atoms with Crippen LogP contribution in [0.2, 0.25) is 0 Å². The molecule has 0 fully saturated rings. The molecule has 2 rings (SSSR count). The smallest absolute Gasteiger partial charge is 0.130 e. The molecule has 2 aromatic rings. The maximum Gasteiger partial charge on any atom is 0.130 e. The Morgan fingerprint density at radius 3 is 2.33 bits per heavy atom. The van der Waals surface area contributed by atoms with Gasteiger partial charge >= 0.3 is 0 Å². The number of methoxy groups -OCH3 is 2. The number of nitrogens with zero attached hydrogens (tertiary/aromatic N) is 1. The van der Waals surface area contributed by atoms with Crippen molar-refractivity contribution < 1.29 is 9.47 Å². The fourth-order valence-corrected chi connectivity index (χ4v) is 2.87. The third kappa shape index (κ3) is 4.42. The molecule has 5 heteroatoms. The highest BCUT2D eigenvalue weighted by Crippen LogP contribution is 2.30. The van der Waals surface area contributed by atoms with Gasteiger partial charge in [0.2, 0.25) is 0 Å². The predicted molar refractivity (Wildman–Crippen MR) is 104 cm³/mol. The molecule has 0 aliphatic carbocycles. The number of benzene rings is 1. The molecule has 0 amide bonds. The van der Waals surface area contributed by atoms with E-state index in [1.807, 2.05) is 48.6 Å². The Kier molecular flexibility index (Phi) is 6.92. The van der Waals surface area contributed by atoms with Crippen molar-refractivity contribution in [3.63, 3.8) is 0 Å². The van der Waals surface area contributed by atoms with Crippen molar-refractivity contribution >= 4 is 31.9 Å². The van der Waals surface area contributed by atoms with Crippen molar-refractivity contribution in [2.45, 2.75) is 11.7 Å². The molecule has 1 heterocycles. The fourth-order valence-electron chi connectivity index (χ4n) is 2.37. The zero-order valence-electron chi connectivity index (χ0n) is 13.6. The SMILES string of the molecule is C=C[C@](/C=C\C(OC)c1ccc(Br)cc1)(OC)c1ccc(Br)nc1. The van der Waals surface area contributed by atoms with E-state index in [9.17, 15) is 0 Å². The monoisotopic (exact) mass is 451 g/mol. The molecule has 3 nitrogen and oxygen atoms in total. The Labute approximate surface area is 159 Å². The zero-order valence-corrected chi connectivity index (χ0v) is 16.7. The molecular formula is C19H19Br2NO2. The Hall–Kier alpha value is -1.27. The van der Waals surface area contributed by atoms with Crippen LogP contribution in [0.4, 0.5) is 0 Å². The van der Waals surface area contributed by atoms with E-state index >= 15 is 0 Å². The highest BCUT2D eigenvalue weighted by atomic mass is 79.9. The number of ether oxygens (including phenoxy) is 2. The number of hydrogen-bond donors (Lipinski definition) is 0. The summed E-state index contributed by atoms with van der Waals surface area (Å²) in [5.74, 6) is 0. The summed E-state index contributed by atoms with van der Waals surface area (Å²) in [6.07, 6.45) is 7.25. The van der Waals surface area contributed by atoms with Crippen LogP contribution in [0, 0.1) is 0 Å². The van der Waals surface area contributed by atoms with Crippen molar-refractivity contribution in [1.29, 1.82) is 0 Å². The summed E-state index contributed by atoms with van der Waals surface area (Å²) >= 11 is 6.79. The lowest BCUT2D eigenvalue weighted by Gasteiger charge is -2.26. The largest absolute Gasteiger partial charge is 0.373 e. The molecule has 0 spiro atoms. The van der Waals surface area contributed by atoms with E-state index in [1.54, 1.807) is 26.5 Å². The second kappa shape index (κ2) is 8.72. The molecule has 0 aliphatic heterocycles. The van der Waals surface area contributed by atoms with Crippen molar-refractivity contribution in [1.82, 2.24) is 4.98 Å². The first-order chi connectivity index (χ1) is 11.5. The average molecular weight is 453 g/mol. The van der Waals surface area contributed by atoms with Gasteiger partial charge in [0.15, 0.2) is 0 Å². The van der Waals surface area contributed by atoms with Gasteiger partial charge in [0, 0.05) is 30.5 Å². The second-order valence-corrected chi connectivity index (χ2v) is 6.87. The molecular weight excluding hydrogens is 434 g/mol. The normalized spacial score (nSPS) is 15.2. The summed E-state index contributed by atoms with van der Waals surface area (Å²) in [4.78, 5) is 4.27. The Bertz CT molecular complexity index is 698. The Morgan fingerprint density at radius 2 is 1.83 bits per heavy atom. The molecule has 0 bridgehead atoms. The Balaban J connectivity index is 2.34. The van der Waals surface area contributed by atoms with Gasteiger partial charge < -0.3 is 9.47 Å². The van der Waals surface area contributed by atoms with Gasteiger partial charge in [0.1, 0.15) is 16.3 Å². The molecule has 0 saturated heterocycles. The highest BCUT2D eigenvalue weighted by molar-refractivity contribution is 9.10. The van der Waals surface area contributed by atoms with Crippen LogP contribution >= 0.6 is 31.9 Å². The van der Waals surface area contributed by atoms with Crippen LogP contribution in [0.25, 0.3) is 0 Å². The highest BCUT2D eigenvalue weighted by Gasteiger charge is 2.26. The summed E-state index contributed by atoms with van der Waals surface area (Å²) in [6.45, 7) is 3.93. The van der Waals surface area contributed by atoms with Crippen LogP contribution in [0.1, 0.15) is 17.2 Å². The van der Waals surface area contributed by atoms with Crippen LogP contribution in [0.5, 0.6) is 0 Å². The van der Waals surface area contributed by atoms with Gasteiger partial charge in [-0.1, -0.05) is 52.9 Å². The van der Waals surface area contributed by atoms with Crippen molar-refractivity contribution in [2.24, 2.45) is 0 Å². The summed E-state index contributed by atoms with van der Waals surface area (Å²) in [7, 11) is 3.33. The third-order valence-electron chi connectivity index (χ3n) is 3.79. The summed E-state index contributed by atoms with van der Waals surface area (Å²) in [6, 6.07) is 11.9. The maximum atomic E-state index is 5.74. The minimum Gasteiger partial charge on any atom is -0.373 e. The van der Waals surface area contributed by atoms with Gasteiger partial charge in [-0.3, -0.25) is 0 Å². The topological polar surface area (TPSA) is 31.4 Å². The van der Waals surface area contributed by atoms with Gasteiger partial charge in [0.05, 0.1) is 0 Å².